The Balaban J connectivity index is 2.04. The molecule has 2 N–H and O–H groups in total. The van der Waals surface area contributed by atoms with Gasteiger partial charge in [0.05, 0.1) is 22.9 Å². The first-order valence-corrected chi connectivity index (χ1v) is 7.22. The first-order chi connectivity index (χ1) is 12.0. The van der Waals surface area contributed by atoms with Crippen LogP contribution in [0.2, 0.25) is 0 Å². The summed E-state index contributed by atoms with van der Waals surface area (Å²) in [6.07, 6.45) is 3.05. The van der Waals surface area contributed by atoms with Gasteiger partial charge >= 0.3 is 5.69 Å². The van der Waals surface area contributed by atoms with Gasteiger partial charge in [-0.15, -0.1) is 0 Å². The highest BCUT2D eigenvalue weighted by Crippen LogP contribution is 2.37. The lowest BCUT2D eigenvalue weighted by Crippen LogP contribution is -2.09. The van der Waals surface area contributed by atoms with Crippen LogP contribution < -0.4 is 10.3 Å². The first-order valence-electron chi connectivity index (χ1n) is 7.22. The van der Waals surface area contributed by atoms with Crippen LogP contribution in [0.15, 0.2) is 41.2 Å². The molecule has 0 fully saturated rings. The van der Waals surface area contributed by atoms with E-state index in [0.29, 0.717) is 22.3 Å². The standard InChI is InChI=1S/C17H13N3O5/c1-25-14-9-10(8-13(16(14)21)20(23)24)6-7-15-18-12-5-3-2-4-11(12)17(22)19-15/h2-9,21H,1H3,(H,18,19,22)/b7-6+. The highest BCUT2D eigenvalue weighted by molar-refractivity contribution is 5.79. The fourth-order valence-electron chi connectivity index (χ4n) is 2.36. The number of H-pyrrole nitrogens is 1. The van der Waals surface area contributed by atoms with E-state index in [4.69, 9.17) is 4.74 Å². The number of benzene rings is 2. The number of ether oxygens (including phenoxy) is 1. The number of nitrogens with zero attached hydrogens (tertiary/aromatic N) is 2. The summed E-state index contributed by atoms with van der Waals surface area (Å²) in [4.78, 5) is 29.3. The zero-order valence-electron chi connectivity index (χ0n) is 13.1. The number of rotatable bonds is 4. The van der Waals surface area contributed by atoms with Crippen LogP contribution in [0.5, 0.6) is 11.5 Å². The van der Waals surface area contributed by atoms with Gasteiger partial charge in [-0.2, -0.15) is 0 Å². The summed E-state index contributed by atoms with van der Waals surface area (Å²) < 4.78 is 4.94. The molecule has 3 rings (SSSR count). The SMILES string of the molecule is COc1cc(/C=C/c2nc3ccccc3c(=O)[nH]2)cc([N+](=O)[O-])c1O. The molecular weight excluding hydrogens is 326 g/mol. The molecule has 0 amide bonds. The van der Waals surface area contributed by atoms with Crippen LogP contribution in [0, 0.1) is 10.1 Å². The van der Waals surface area contributed by atoms with Crippen LogP contribution in [0.3, 0.4) is 0 Å². The van der Waals surface area contributed by atoms with E-state index in [2.05, 4.69) is 9.97 Å². The van der Waals surface area contributed by atoms with Crippen molar-refractivity contribution < 1.29 is 14.8 Å². The van der Waals surface area contributed by atoms with Gasteiger partial charge in [-0.05, 0) is 29.8 Å². The van der Waals surface area contributed by atoms with Gasteiger partial charge in [-0.25, -0.2) is 4.98 Å². The Labute approximate surface area is 141 Å². The van der Waals surface area contributed by atoms with E-state index in [9.17, 15) is 20.0 Å². The summed E-state index contributed by atoms with van der Waals surface area (Å²) in [6.45, 7) is 0. The Morgan fingerprint density at radius 3 is 2.76 bits per heavy atom. The van der Waals surface area contributed by atoms with E-state index >= 15 is 0 Å². The van der Waals surface area contributed by atoms with Gasteiger partial charge in [-0.1, -0.05) is 18.2 Å². The second-order valence-corrected chi connectivity index (χ2v) is 5.15. The minimum Gasteiger partial charge on any atom is -0.500 e. The zero-order valence-corrected chi connectivity index (χ0v) is 13.1. The van der Waals surface area contributed by atoms with E-state index < -0.39 is 16.4 Å². The van der Waals surface area contributed by atoms with E-state index in [1.807, 2.05) is 0 Å². The van der Waals surface area contributed by atoms with E-state index in [0.717, 1.165) is 0 Å². The van der Waals surface area contributed by atoms with Crippen molar-refractivity contribution in [3.63, 3.8) is 0 Å². The lowest BCUT2D eigenvalue weighted by molar-refractivity contribution is -0.386. The van der Waals surface area contributed by atoms with Gasteiger partial charge in [0.15, 0.2) is 5.75 Å². The van der Waals surface area contributed by atoms with Gasteiger partial charge < -0.3 is 14.8 Å². The molecule has 0 aliphatic rings. The number of fused-ring (bicyclic) bond motifs is 1. The second kappa shape index (κ2) is 6.44. The van der Waals surface area contributed by atoms with Crippen molar-refractivity contribution in [2.75, 3.05) is 7.11 Å². The fraction of sp³-hybridized carbons (Fsp3) is 0.0588. The Hall–Kier alpha value is -3.68. The maximum absolute atomic E-state index is 12.0. The van der Waals surface area contributed by atoms with Gasteiger partial charge in [0.1, 0.15) is 5.82 Å². The number of methoxy groups -OCH3 is 1. The van der Waals surface area contributed by atoms with Gasteiger partial charge in [0, 0.05) is 6.07 Å². The van der Waals surface area contributed by atoms with Crippen molar-refractivity contribution in [1.82, 2.24) is 9.97 Å². The Bertz CT molecular complexity index is 1060. The number of aromatic hydroxyl groups is 1. The van der Waals surface area contributed by atoms with Crippen molar-refractivity contribution in [2.45, 2.75) is 0 Å². The molecule has 1 aromatic heterocycles. The molecule has 0 unspecified atom stereocenters. The van der Waals surface area contributed by atoms with Crippen LogP contribution in [0.1, 0.15) is 11.4 Å². The van der Waals surface area contributed by atoms with Crippen molar-refractivity contribution >= 4 is 28.7 Å². The first kappa shape index (κ1) is 16.2. The van der Waals surface area contributed by atoms with Crippen molar-refractivity contribution in [3.05, 3.63) is 68.3 Å². The van der Waals surface area contributed by atoms with Crippen LogP contribution in [0.4, 0.5) is 5.69 Å². The molecule has 0 atom stereocenters. The molecular formula is C17H13N3O5. The summed E-state index contributed by atoms with van der Waals surface area (Å²) in [5.41, 5.74) is 0.204. The van der Waals surface area contributed by atoms with E-state index in [-0.39, 0.29) is 11.3 Å². The average Bonchev–Trinajstić information content (AvgIpc) is 2.60. The maximum Gasteiger partial charge on any atom is 0.315 e. The number of phenolic OH excluding ortho intramolecular Hbond substituents is 1. The van der Waals surface area contributed by atoms with Crippen LogP contribution in [-0.4, -0.2) is 27.1 Å². The lowest BCUT2D eigenvalue weighted by atomic mass is 10.1. The van der Waals surface area contributed by atoms with Crippen LogP contribution >= 0.6 is 0 Å². The number of para-hydroxylation sites is 1. The second-order valence-electron chi connectivity index (χ2n) is 5.15. The molecule has 1 heterocycles. The number of hydrogen-bond donors (Lipinski definition) is 2. The molecule has 126 valence electrons. The number of phenols is 1. The molecule has 25 heavy (non-hydrogen) atoms. The number of hydrogen-bond acceptors (Lipinski definition) is 6. The van der Waals surface area contributed by atoms with Gasteiger partial charge in [-0.3, -0.25) is 14.9 Å². The molecule has 2 aromatic carbocycles. The summed E-state index contributed by atoms with van der Waals surface area (Å²) >= 11 is 0. The monoisotopic (exact) mass is 339 g/mol. The lowest BCUT2D eigenvalue weighted by Gasteiger charge is -2.05. The van der Waals surface area contributed by atoms with Crippen molar-refractivity contribution in [1.29, 1.82) is 0 Å². The van der Waals surface area contributed by atoms with Crippen LogP contribution in [-0.2, 0) is 0 Å². The largest absolute Gasteiger partial charge is 0.500 e. The van der Waals surface area contributed by atoms with Crippen LogP contribution in [0.25, 0.3) is 23.1 Å². The number of nitro benzene ring substituents is 1. The Morgan fingerprint density at radius 1 is 1.28 bits per heavy atom. The molecule has 0 aliphatic carbocycles. The molecule has 3 aromatic rings. The predicted octanol–water partition coefficient (Wildman–Crippen LogP) is 2.72. The van der Waals surface area contributed by atoms with E-state index in [1.54, 1.807) is 24.3 Å². The normalized spacial score (nSPS) is 11.1. The van der Waals surface area contributed by atoms with Crippen molar-refractivity contribution in [3.8, 4) is 11.5 Å². The number of aromatic amines is 1. The Kier molecular flexibility index (Phi) is 4.17. The smallest absolute Gasteiger partial charge is 0.315 e. The highest BCUT2D eigenvalue weighted by Gasteiger charge is 2.19. The number of nitro groups is 1. The zero-order chi connectivity index (χ0) is 18.0. The third kappa shape index (κ3) is 3.18. The molecule has 0 saturated carbocycles. The predicted molar refractivity (Wildman–Crippen MR) is 92.6 cm³/mol. The summed E-state index contributed by atoms with van der Waals surface area (Å²) in [7, 11) is 1.30. The molecule has 0 spiro atoms. The number of nitrogens with one attached hydrogen (secondary N) is 1. The highest BCUT2D eigenvalue weighted by atomic mass is 16.6. The summed E-state index contributed by atoms with van der Waals surface area (Å²) in [5, 5.41) is 21.3. The minimum atomic E-state index is -0.703. The third-order valence-corrected chi connectivity index (χ3v) is 3.56. The summed E-state index contributed by atoms with van der Waals surface area (Å²) in [5.74, 6) is -0.255. The maximum atomic E-state index is 12.0. The molecule has 8 heteroatoms. The molecule has 0 saturated heterocycles. The average molecular weight is 339 g/mol. The van der Waals surface area contributed by atoms with Crippen molar-refractivity contribution in [2.24, 2.45) is 0 Å². The molecule has 8 nitrogen and oxygen atoms in total. The quantitative estimate of drug-likeness (QED) is 0.557. The molecule has 0 bridgehead atoms. The van der Waals surface area contributed by atoms with E-state index in [1.165, 1.54) is 31.4 Å². The molecule has 0 aliphatic heterocycles. The minimum absolute atomic E-state index is 0.0196. The number of aromatic nitrogens is 2. The topological polar surface area (TPSA) is 118 Å². The third-order valence-electron chi connectivity index (χ3n) is 3.56. The molecule has 0 radical (unpaired) electrons. The van der Waals surface area contributed by atoms with Gasteiger partial charge in [0.25, 0.3) is 5.56 Å². The van der Waals surface area contributed by atoms with Gasteiger partial charge in [0.2, 0.25) is 5.75 Å². The summed E-state index contributed by atoms with van der Waals surface area (Å²) in [6, 6.07) is 9.55. The Morgan fingerprint density at radius 2 is 2.04 bits per heavy atom. The fourth-order valence-corrected chi connectivity index (χ4v) is 2.36.